The van der Waals surface area contributed by atoms with Gasteiger partial charge in [0, 0.05) is 10.4 Å². The van der Waals surface area contributed by atoms with E-state index in [1.807, 2.05) is 6.07 Å². The lowest BCUT2D eigenvalue weighted by atomic mass is 9.89. The molecule has 1 aromatic rings. The van der Waals surface area contributed by atoms with Crippen molar-refractivity contribution in [1.29, 1.82) is 0 Å². The van der Waals surface area contributed by atoms with E-state index in [1.54, 1.807) is 12.1 Å². The van der Waals surface area contributed by atoms with E-state index in [4.69, 9.17) is 4.74 Å². The zero-order chi connectivity index (χ0) is 18.8. The summed E-state index contributed by atoms with van der Waals surface area (Å²) in [6.07, 6.45) is 9.57. The Morgan fingerprint density at radius 1 is 1.12 bits per heavy atom. The Bertz CT molecular complexity index is 601. The van der Waals surface area contributed by atoms with Crippen LogP contribution in [0.1, 0.15) is 75.1 Å². The van der Waals surface area contributed by atoms with Gasteiger partial charge >= 0.3 is 0 Å². The van der Waals surface area contributed by atoms with Crippen LogP contribution in [0.25, 0.3) is 0 Å². The second kappa shape index (κ2) is 11.2. The minimum absolute atomic E-state index is 0.000783. The molecule has 1 aliphatic carbocycles. The average Bonchev–Trinajstić information content (AvgIpc) is 2.67. The summed E-state index contributed by atoms with van der Waals surface area (Å²) in [5, 5.41) is 0. The Kier molecular flexibility index (Phi) is 8.95. The van der Waals surface area contributed by atoms with Gasteiger partial charge in [-0.25, -0.2) is 0 Å². The van der Waals surface area contributed by atoms with Crippen molar-refractivity contribution < 1.29 is 14.3 Å². The van der Waals surface area contributed by atoms with Crippen molar-refractivity contribution in [2.45, 2.75) is 64.7 Å². The predicted octanol–water partition coefficient (Wildman–Crippen LogP) is 4.75. The number of carbonyl (C=O) groups is 2. The number of unbranched alkanes of at least 4 members (excludes halogenated alkanes) is 3. The van der Waals surface area contributed by atoms with Gasteiger partial charge in [-0.2, -0.15) is 0 Å². The molecule has 1 aliphatic rings. The fourth-order valence-electron chi connectivity index (χ4n) is 3.17. The normalized spacial score (nSPS) is 14.7. The molecule has 0 saturated heterocycles. The SMILES string of the molecule is CCCCCCOc1ccc(Br)cc1C(=O)NNC(=O)C1CCCCC1. The van der Waals surface area contributed by atoms with Crippen LogP contribution in [0, 0.1) is 5.92 Å². The summed E-state index contributed by atoms with van der Waals surface area (Å²) in [5.74, 6) is 0.0732. The van der Waals surface area contributed by atoms with E-state index in [-0.39, 0.29) is 17.7 Å². The number of halogens is 1. The lowest BCUT2D eigenvalue weighted by molar-refractivity contribution is -0.126. The molecule has 2 N–H and O–H groups in total. The van der Waals surface area contributed by atoms with Gasteiger partial charge in [-0.3, -0.25) is 20.4 Å². The van der Waals surface area contributed by atoms with Crippen LogP contribution >= 0.6 is 15.9 Å². The largest absolute Gasteiger partial charge is 0.493 e. The maximum Gasteiger partial charge on any atom is 0.273 e. The van der Waals surface area contributed by atoms with Gasteiger partial charge in [-0.15, -0.1) is 0 Å². The van der Waals surface area contributed by atoms with Gasteiger partial charge in [0.05, 0.1) is 12.2 Å². The van der Waals surface area contributed by atoms with Crippen molar-refractivity contribution in [3.8, 4) is 5.75 Å². The number of rotatable bonds is 8. The highest BCUT2D eigenvalue weighted by atomic mass is 79.9. The highest BCUT2D eigenvalue weighted by molar-refractivity contribution is 9.10. The van der Waals surface area contributed by atoms with Crippen LogP contribution in [-0.4, -0.2) is 18.4 Å². The predicted molar refractivity (Wildman–Crippen MR) is 106 cm³/mol. The molecule has 1 fully saturated rings. The summed E-state index contributed by atoms with van der Waals surface area (Å²) in [6, 6.07) is 5.34. The number of nitrogens with one attached hydrogen (secondary N) is 2. The van der Waals surface area contributed by atoms with E-state index >= 15 is 0 Å². The number of hydrogen-bond acceptors (Lipinski definition) is 3. The summed E-state index contributed by atoms with van der Waals surface area (Å²) in [7, 11) is 0. The highest BCUT2D eigenvalue weighted by Crippen LogP contribution is 2.25. The van der Waals surface area contributed by atoms with Crippen LogP contribution in [-0.2, 0) is 4.79 Å². The molecular weight excluding hydrogens is 396 g/mol. The van der Waals surface area contributed by atoms with E-state index in [0.29, 0.717) is 17.9 Å². The summed E-state index contributed by atoms with van der Waals surface area (Å²) < 4.78 is 6.58. The number of amides is 2. The summed E-state index contributed by atoms with van der Waals surface area (Å²) in [6.45, 7) is 2.75. The molecule has 1 saturated carbocycles. The van der Waals surface area contributed by atoms with Gasteiger partial charge in [0.2, 0.25) is 5.91 Å². The first-order valence-electron chi connectivity index (χ1n) is 9.64. The van der Waals surface area contributed by atoms with Gasteiger partial charge in [-0.05, 0) is 37.5 Å². The minimum atomic E-state index is -0.362. The first-order chi connectivity index (χ1) is 12.6. The zero-order valence-electron chi connectivity index (χ0n) is 15.5. The second-order valence-corrected chi connectivity index (χ2v) is 7.74. The van der Waals surface area contributed by atoms with Crippen molar-refractivity contribution in [1.82, 2.24) is 10.9 Å². The molecule has 2 amide bonds. The van der Waals surface area contributed by atoms with Crippen molar-refractivity contribution in [2.24, 2.45) is 5.92 Å². The van der Waals surface area contributed by atoms with Crippen LogP contribution in [0.15, 0.2) is 22.7 Å². The average molecular weight is 425 g/mol. The minimum Gasteiger partial charge on any atom is -0.493 e. The summed E-state index contributed by atoms with van der Waals surface area (Å²) >= 11 is 3.39. The third-order valence-corrected chi connectivity index (χ3v) is 5.21. The Labute approximate surface area is 164 Å². The van der Waals surface area contributed by atoms with Crippen molar-refractivity contribution >= 4 is 27.7 Å². The molecule has 0 unspecified atom stereocenters. The van der Waals surface area contributed by atoms with E-state index in [2.05, 4.69) is 33.7 Å². The van der Waals surface area contributed by atoms with Crippen LogP contribution in [0.2, 0.25) is 0 Å². The molecule has 5 nitrogen and oxygen atoms in total. The number of hydrazine groups is 1. The smallest absolute Gasteiger partial charge is 0.273 e. The molecule has 0 heterocycles. The molecule has 2 rings (SSSR count). The van der Waals surface area contributed by atoms with Gasteiger partial charge < -0.3 is 4.74 Å². The van der Waals surface area contributed by atoms with Gasteiger partial charge in [0.25, 0.3) is 5.91 Å². The van der Waals surface area contributed by atoms with E-state index in [0.717, 1.165) is 43.0 Å². The number of carbonyl (C=O) groups excluding carboxylic acids is 2. The molecule has 0 radical (unpaired) electrons. The van der Waals surface area contributed by atoms with Crippen LogP contribution in [0.3, 0.4) is 0 Å². The quantitative estimate of drug-likeness (QED) is 0.467. The Hall–Kier alpha value is -1.56. The molecule has 144 valence electrons. The van der Waals surface area contributed by atoms with Crippen LogP contribution in [0.5, 0.6) is 5.75 Å². The van der Waals surface area contributed by atoms with Crippen LogP contribution < -0.4 is 15.6 Å². The molecule has 0 atom stereocenters. The Morgan fingerprint density at radius 2 is 1.88 bits per heavy atom. The number of ether oxygens (including phenoxy) is 1. The van der Waals surface area contributed by atoms with E-state index in [9.17, 15) is 9.59 Å². The third kappa shape index (κ3) is 6.63. The van der Waals surface area contributed by atoms with Gasteiger partial charge in [0.1, 0.15) is 5.75 Å². The lowest BCUT2D eigenvalue weighted by Gasteiger charge is -2.21. The van der Waals surface area contributed by atoms with E-state index in [1.165, 1.54) is 19.3 Å². The lowest BCUT2D eigenvalue weighted by Crippen LogP contribution is -2.45. The van der Waals surface area contributed by atoms with Crippen molar-refractivity contribution in [2.75, 3.05) is 6.61 Å². The maximum absolute atomic E-state index is 12.5. The highest BCUT2D eigenvalue weighted by Gasteiger charge is 2.22. The molecule has 0 bridgehead atoms. The fraction of sp³-hybridized carbons (Fsp3) is 0.600. The third-order valence-electron chi connectivity index (χ3n) is 4.72. The summed E-state index contributed by atoms with van der Waals surface area (Å²) in [4.78, 5) is 24.7. The zero-order valence-corrected chi connectivity index (χ0v) is 17.1. The maximum atomic E-state index is 12.5. The number of hydrogen-bond donors (Lipinski definition) is 2. The molecule has 26 heavy (non-hydrogen) atoms. The Balaban J connectivity index is 1.89. The molecule has 0 spiro atoms. The summed E-state index contributed by atoms with van der Waals surface area (Å²) in [5.41, 5.74) is 5.52. The van der Waals surface area contributed by atoms with Crippen molar-refractivity contribution in [3.05, 3.63) is 28.2 Å². The molecule has 6 heteroatoms. The number of benzene rings is 1. The van der Waals surface area contributed by atoms with Crippen molar-refractivity contribution in [3.63, 3.8) is 0 Å². The first kappa shape index (κ1) is 20.7. The van der Waals surface area contributed by atoms with Crippen LogP contribution in [0.4, 0.5) is 0 Å². The molecular formula is C20H29BrN2O3. The van der Waals surface area contributed by atoms with Gasteiger partial charge in [-0.1, -0.05) is 61.4 Å². The second-order valence-electron chi connectivity index (χ2n) is 6.83. The standard InChI is InChI=1S/C20H29BrN2O3/c1-2-3-4-8-13-26-18-12-11-16(21)14-17(18)20(25)23-22-19(24)15-9-6-5-7-10-15/h11-12,14-15H,2-10,13H2,1H3,(H,22,24)(H,23,25). The monoisotopic (exact) mass is 424 g/mol. The molecule has 0 aliphatic heterocycles. The molecule has 1 aromatic carbocycles. The van der Waals surface area contributed by atoms with E-state index < -0.39 is 0 Å². The fourth-order valence-corrected chi connectivity index (χ4v) is 3.53. The first-order valence-corrected chi connectivity index (χ1v) is 10.4. The molecule has 0 aromatic heterocycles. The van der Waals surface area contributed by atoms with Gasteiger partial charge in [0.15, 0.2) is 0 Å². The Morgan fingerprint density at radius 3 is 2.62 bits per heavy atom. The topological polar surface area (TPSA) is 67.4 Å².